The summed E-state index contributed by atoms with van der Waals surface area (Å²) >= 11 is 1.80. The van der Waals surface area contributed by atoms with Crippen LogP contribution in [-0.2, 0) is 6.42 Å². The van der Waals surface area contributed by atoms with E-state index < -0.39 is 0 Å². The first-order valence-corrected chi connectivity index (χ1v) is 8.31. The summed E-state index contributed by atoms with van der Waals surface area (Å²) < 4.78 is 0. The molecule has 0 aromatic carbocycles. The Kier molecular flexibility index (Phi) is 5.37. The van der Waals surface area contributed by atoms with Crippen molar-refractivity contribution in [3.8, 4) is 0 Å². The first-order chi connectivity index (χ1) is 9.11. The molecule has 1 aliphatic carbocycles. The molecule has 108 valence electrons. The third-order valence-electron chi connectivity index (χ3n) is 4.15. The predicted octanol–water partition coefficient (Wildman–Crippen LogP) is 3.22. The molecule has 2 unspecified atom stereocenters. The fourth-order valence-corrected chi connectivity index (χ4v) is 3.95. The largest absolute Gasteiger partial charge is 0.392 e. The van der Waals surface area contributed by atoms with Crippen LogP contribution in [0.25, 0.3) is 0 Å². The number of hydrogen-bond acceptors (Lipinski definition) is 4. The molecule has 0 aliphatic heterocycles. The minimum Gasteiger partial charge on any atom is -0.392 e. The SMILES string of the molecule is CCc1nc(C)c(C(C)NCC(O)C2CCCC2)s1. The van der Waals surface area contributed by atoms with Gasteiger partial charge in [-0.25, -0.2) is 4.98 Å². The summed E-state index contributed by atoms with van der Waals surface area (Å²) in [6, 6.07) is 0.286. The average molecular weight is 282 g/mol. The second kappa shape index (κ2) is 6.82. The minimum atomic E-state index is -0.191. The number of nitrogens with zero attached hydrogens (tertiary/aromatic N) is 1. The van der Waals surface area contributed by atoms with Crippen molar-refractivity contribution in [1.82, 2.24) is 10.3 Å². The molecule has 19 heavy (non-hydrogen) atoms. The van der Waals surface area contributed by atoms with Crippen molar-refractivity contribution in [2.24, 2.45) is 5.92 Å². The van der Waals surface area contributed by atoms with Crippen molar-refractivity contribution >= 4 is 11.3 Å². The lowest BCUT2D eigenvalue weighted by atomic mass is 10.0. The van der Waals surface area contributed by atoms with Gasteiger partial charge in [0.1, 0.15) is 0 Å². The first-order valence-electron chi connectivity index (χ1n) is 7.49. The summed E-state index contributed by atoms with van der Waals surface area (Å²) in [5, 5.41) is 14.9. The predicted molar refractivity (Wildman–Crippen MR) is 80.6 cm³/mol. The molecule has 1 heterocycles. The van der Waals surface area contributed by atoms with E-state index in [2.05, 4.69) is 31.1 Å². The number of nitrogens with one attached hydrogen (secondary N) is 1. The number of aliphatic hydroxyl groups is 1. The molecule has 1 fully saturated rings. The molecule has 1 aromatic heterocycles. The fourth-order valence-electron chi connectivity index (χ4n) is 2.92. The van der Waals surface area contributed by atoms with Crippen molar-refractivity contribution in [1.29, 1.82) is 0 Å². The zero-order chi connectivity index (χ0) is 13.8. The van der Waals surface area contributed by atoms with E-state index >= 15 is 0 Å². The van der Waals surface area contributed by atoms with Crippen LogP contribution in [0.2, 0.25) is 0 Å². The maximum atomic E-state index is 10.2. The minimum absolute atomic E-state index is 0.191. The molecule has 1 saturated carbocycles. The molecule has 0 radical (unpaired) electrons. The van der Waals surface area contributed by atoms with Gasteiger partial charge in [-0.05, 0) is 39.0 Å². The van der Waals surface area contributed by atoms with Crippen molar-refractivity contribution in [3.05, 3.63) is 15.6 Å². The standard InChI is InChI=1S/C15H26N2OS/c1-4-14-17-11(3)15(19-14)10(2)16-9-13(18)12-7-5-6-8-12/h10,12-13,16,18H,4-9H2,1-3H3. The Morgan fingerprint density at radius 1 is 1.42 bits per heavy atom. The Morgan fingerprint density at radius 3 is 2.68 bits per heavy atom. The van der Waals surface area contributed by atoms with Gasteiger partial charge in [0.25, 0.3) is 0 Å². The van der Waals surface area contributed by atoms with Gasteiger partial charge in [-0.15, -0.1) is 11.3 Å². The summed E-state index contributed by atoms with van der Waals surface area (Å²) in [6.07, 6.45) is 5.76. The first kappa shape index (κ1) is 14.9. The quantitative estimate of drug-likeness (QED) is 0.842. The molecular weight excluding hydrogens is 256 g/mol. The van der Waals surface area contributed by atoms with Crippen molar-refractivity contribution in [3.63, 3.8) is 0 Å². The second-order valence-corrected chi connectivity index (χ2v) is 6.77. The summed E-state index contributed by atoms with van der Waals surface area (Å²) in [4.78, 5) is 5.89. The molecular formula is C15H26N2OS. The molecule has 2 rings (SSSR count). The molecule has 1 aromatic rings. The molecule has 1 aliphatic rings. The molecule has 0 bridgehead atoms. The number of thiazole rings is 1. The van der Waals surface area contributed by atoms with Crippen LogP contribution in [0.3, 0.4) is 0 Å². The maximum absolute atomic E-state index is 10.2. The summed E-state index contributed by atoms with van der Waals surface area (Å²) in [6.45, 7) is 7.09. The van der Waals surface area contributed by atoms with E-state index in [4.69, 9.17) is 0 Å². The van der Waals surface area contributed by atoms with Crippen LogP contribution in [0.1, 0.15) is 61.2 Å². The summed E-state index contributed by atoms with van der Waals surface area (Å²) in [7, 11) is 0. The van der Waals surface area contributed by atoms with Crippen LogP contribution in [0.15, 0.2) is 0 Å². The molecule has 3 nitrogen and oxygen atoms in total. The van der Waals surface area contributed by atoms with E-state index in [0.717, 1.165) is 12.1 Å². The highest BCUT2D eigenvalue weighted by atomic mass is 32.1. The number of hydrogen-bond donors (Lipinski definition) is 2. The Balaban J connectivity index is 1.85. The molecule has 2 atom stereocenters. The van der Waals surface area contributed by atoms with Gasteiger partial charge in [0.15, 0.2) is 0 Å². The van der Waals surface area contributed by atoms with Gasteiger partial charge in [0, 0.05) is 17.5 Å². The zero-order valence-corrected chi connectivity index (χ0v) is 13.1. The lowest BCUT2D eigenvalue weighted by Gasteiger charge is -2.21. The maximum Gasteiger partial charge on any atom is 0.0928 e. The Morgan fingerprint density at radius 2 is 2.11 bits per heavy atom. The average Bonchev–Trinajstić information content (AvgIpc) is 3.04. The van der Waals surface area contributed by atoms with E-state index in [-0.39, 0.29) is 12.1 Å². The highest BCUT2D eigenvalue weighted by Crippen LogP contribution is 2.28. The van der Waals surface area contributed by atoms with Crippen LogP contribution in [-0.4, -0.2) is 22.7 Å². The van der Waals surface area contributed by atoms with E-state index in [0.29, 0.717) is 12.5 Å². The Hall–Kier alpha value is -0.450. The third kappa shape index (κ3) is 3.77. The van der Waals surface area contributed by atoms with Crippen LogP contribution >= 0.6 is 11.3 Å². The lowest BCUT2D eigenvalue weighted by Crippen LogP contribution is -2.33. The Bertz CT molecular complexity index is 399. The monoisotopic (exact) mass is 282 g/mol. The molecule has 0 saturated heterocycles. The van der Waals surface area contributed by atoms with Gasteiger partial charge >= 0.3 is 0 Å². The highest BCUT2D eigenvalue weighted by molar-refractivity contribution is 7.11. The van der Waals surface area contributed by atoms with Crippen molar-refractivity contribution < 1.29 is 5.11 Å². The Labute approximate surface area is 120 Å². The smallest absolute Gasteiger partial charge is 0.0928 e. The highest BCUT2D eigenvalue weighted by Gasteiger charge is 2.23. The topological polar surface area (TPSA) is 45.2 Å². The number of aryl methyl sites for hydroxylation is 2. The van der Waals surface area contributed by atoms with Gasteiger partial charge in [0.05, 0.1) is 16.8 Å². The second-order valence-electron chi connectivity index (χ2n) is 5.65. The molecule has 0 amide bonds. The van der Waals surface area contributed by atoms with Crippen molar-refractivity contribution in [2.45, 2.75) is 65.0 Å². The van der Waals surface area contributed by atoms with Crippen LogP contribution in [0.4, 0.5) is 0 Å². The molecule has 2 N–H and O–H groups in total. The van der Waals surface area contributed by atoms with Crippen LogP contribution in [0, 0.1) is 12.8 Å². The van der Waals surface area contributed by atoms with Crippen LogP contribution in [0.5, 0.6) is 0 Å². The van der Waals surface area contributed by atoms with Gasteiger partial charge in [-0.1, -0.05) is 19.8 Å². The molecule has 4 heteroatoms. The van der Waals surface area contributed by atoms with E-state index in [1.165, 1.54) is 35.6 Å². The lowest BCUT2D eigenvalue weighted by molar-refractivity contribution is 0.107. The van der Waals surface area contributed by atoms with Gasteiger partial charge in [-0.2, -0.15) is 0 Å². The third-order valence-corrected chi connectivity index (χ3v) is 5.63. The van der Waals surface area contributed by atoms with E-state index in [1.54, 1.807) is 11.3 Å². The van der Waals surface area contributed by atoms with Crippen molar-refractivity contribution in [2.75, 3.05) is 6.54 Å². The number of aromatic nitrogens is 1. The van der Waals surface area contributed by atoms with E-state index in [1.807, 2.05) is 0 Å². The fraction of sp³-hybridized carbons (Fsp3) is 0.800. The number of aliphatic hydroxyl groups excluding tert-OH is 1. The van der Waals surface area contributed by atoms with E-state index in [9.17, 15) is 5.11 Å². The van der Waals surface area contributed by atoms with Gasteiger partial charge in [0.2, 0.25) is 0 Å². The van der Waals surface area contributed by atoms with Crippen LogP contribution < -0.4 is 5.32 Å². The van der Waals surface area contributed by atoms with Gasteiger partial charge in [-0.3, -0.25) is 0 Å². The number of rotatable bonds is 6. The normalized spacial score (nSPS) is 19.8. The molecule has 0 spiro atoms. The summed E-state index contributed by atoms with van der Waals surface area (Å²) in [5.41, 5.74) is 1.14. The zero-order valence-electron chi connectivity index (χ0n) is 12.3. The summed E-state index contributed by atoms with van der Waals surface area (Å²) in [5.74, 6) is 0.508. The van der Waals surface area contributed by atoms with Gasteiger partial charge < -0.3 is 10.4 Å².